The first-order valence-electron chi connectivity index (χ1n) is 6.75. The quantitative estimate of drug-likeness (QED) is 0.844. The van der Waals surface area contributed by atoms with Gasteiger partial charge in [0.2, 0.25) is 0 Å². The minimum Gasteiger partial charge on any atom is -0.443 e. The van der Waals surface area contributed by atoms with Crippen molar-refractivity contribution < 1.29 is 18.8 Å². The van der Waals surface area contributed by atoms with Crippen LogP contribution in [0.15, 0.2) is 18.2 Å². The van der Waals surface area contributed by atoms with Crippen molar-refractivity contribution in [3.05, 3.63) is 18.2 Å². The van der Waals surface area contributed by atoms with Crippen LogP contribution in [0.3, 0.4) is 0 Å². The molecule has 0 atom stereocenters. The number of carbonyl (C=O) groups excluding carboxylic acids is 1. The van der Waals surface area contributed by atoms with E-state index < -0.39 is 18.8 Å². The third-order valence-electron chi connectivity index (χ3n) is 2.78. The molecule has 0 radical (unpaired) electrons. The van der Waals surface area contributed by atoms with E-state index in [1.54, 1.807) is 26.8 Å². The zero-order chi connectivity index (χ0) is 16.3. The van der Waals surface area contributed by atoms with E-state index in [-0.39, 0.29) is 0 Å². The Balaban J connectivity index is 2.37. The second kappa shape index (κ2) is 6.33. The lowest BCUT2D eigenvalue weighted by Gasteiger charge is -2.19. The largest absolute Gasteiger partial charge is 0.495 e. The van der Waals surface area contributed by atoms with Gasteiger partial charge in [-0.3, -0.25) is 0 Å². The van der Waals surface area contributed by atoms with Crippen molar-refractivity contribution >= 4 is 29.7 Å². The first kappa shape index (κ1) is 16.2. The van der Waals surface area contributed by atoms with Crippen LogP contribution in [0.4, 0.5) is 4.79 Å². The van der Waals surface area contributed by atoms with Gasteiger partial charge in [0.15, 0.2) is 0 Å². The lowest BCUT2D eigenvalue weighted by atomic mass is 9.78. The second-order valence-corrected chi connectivity index (χ2v) is 5.63. The summed E-state index contributed by atoms with van der Waals surface area (Å²) in [5.41, 5.74) is 3.82. The minimum absolute atomic E-state index is 0.585. The summed E-state index contributed by atoms with van der Waals surface area (Å²) in [6.07, 6.45) is -0.625. The van der Waals surface area contributed by atoms with Gasteiger partial charge in [0.1, 0.15) is 16.6 Å². The number of nitrogens with zero attached hydrogens (tertiary/aromatic N) is 3. The Morgan fingerprint density at radius 3 is 2.55 bits per heavy atom. The molecular weight excluding hydrogens is 287 g/mol. The summed E-state index contributed by atoms with van der Waals surface area (Å²) in [5.74, 6) is 0. The molecule has 1 aromatic carbocycles. The average Bonchev–Trinajstić information content (AvgIpc) is 2.82. The van der Waals surface area contributed by atoms with E-state index in [0.29, 0.717) is 16.5 Å². The number of hydrogen-bond donors (Lipinski definition) is 1. The number of carbonyl (C=O) groups is 1. The molecule has 0 fully saturated rings. The Morgan fingerprint density at radius 1 is 1.27 bits per heavy atom. The highest BCUT2D eigenvalue weighted by atomic mass is 16.6. The fraction of sp³-hybridized carbons (Fsp3) is 0.462. The van der Waals surface area contributed by atoms with Crippen molar-refractivity contribution in [3.63, 3.8) is 0 Å². The van der Waals surface area contributed by atoms with Crippen molar-refractivity contribution in [3.8, 4) is 0 Å². The summed E-state index contributed by atoms with van der Waals surface area (Å²) in [7, 11) is 2.46. The van der Waals surface area contributed by atoms with Crippen LogP contribution in [0.5, 0.6) is 0 Å². The van der Waals surface area contributed by atoms with Gasteiger partial charge in [-0.15, -0.1) is 9.89 Å². The van der Waals surface area contributed by atoms with Gasteiger partial charge in [0.05, 0.1) is 0 Å². The molecule has 0 unspecified atom stereocenters. The molecule has 0 saturated heterocycles. The van der Waals surface area contributed by atoms with Crippen LogP contribution in [0.25, 0.3) is 11.0 Å². The number of ether oxygens (including phenoxy) is 1. The van der Waals surface area contributed by atoms with Crippen molar-refractivity contribution in [1.82, 2.24) is 15.1 Å². The Morgan fingerprint density at radius 2 is 1.95 bits per heavy atom. The molecule has 0 aliphatic heterocycles. The molecule has 1 N–H and O–H groups in total. The first-order valence-corrected chi connectivity index (χ1v) is 6.75. The molecule has 8 nitrogen and oxygen atoms in total. The number of rotatable bonds is 4. The van der Waals surface area contributed by atoms with E-state index in [4.69, 9.17) is 14.0 Å². The minimum atomic E-state index is -0.625. The van der Waals surface area contributed by atoms with Crippen LogP contribution in [0, 0.1) is 0 Å². The Bertz CT molecular complexity index is 664. The fourth-order valence-corrected chi connectivity index (χ4v) is 2.00. The van der Waals surface area contributed by atoms with Gasteiger partial charge in [-0.1, -0.05) is 12.1 Å². The molecule has 22 heavy (non-hydrogen) atoms. The molecule has 0 saturated carbocycles. The zero-order valence-corrected chi connectivity index (χ0v) is 13.3. The summed E-state index contributed by atoms with van der Waals surface area (Å²) in [4.78, 5) is 13.2. The van der Waals surface area contributed by atoms with Crippen LogP contribution in [-0.4, -0.2) is 48.1 Å². The van der Waals surface area contributed by atoms with Crippen LogP contribution in [-0.2, 0) is 14.0 Å². The number of amides is 1. The van der Waals surface area contributed by atoms with E-state index in [0.717, 1.165) is 0 Å². The maximum Gasteiger partial charge on any atom is 0.495 e. The van der Waals surface area contributed by atoms with Crippen LogP contribution in [0.2, 0.25) is 0 Å². The number of benzene rings is 1. The maximum absolute atomic E-state index is 11.9. The normalized spacial score (nSPS) is 11.5. The Kier molecular flexibility index (Phi) is 4.67. The van der Waals surface area contributed by atoms with Crippen LogP contribution >= 0.6 is 0 Å². The van der Waals surface area contributed by atoms with Crippen LogP contribution < -0.4 is 10.9 Å². The van der Waals surface area contributed by atoms with E-state index >= 15 is 0 Å². The lowest BCUT2D eigenvalue weighted by molar-refractivity contribution is 0.0610. The smallest absolute Gasteiger partial charge is 0.443 e. The maximum atomic E-state index is 11.9. The average molecular weight is 306 g/mol. The van der Waals surface area contributed by atoms with Crippen molar-refractivity contribution in [2.45, 2.75) is 26.4 Å². The van der Waals surface area contributed by atoms with Gasteiger partial charge in [-0.2, -0.15) is 0 Å². The van der Waals surface area contributed by atoms with Gasteiger partial charge in [-0.25, -0.2) is 10.2 Å². The summed E-state index contributed by atoms with van der Waals surface area (Å²) >= 11 is 0. The topological polar surface area (TPSA) is 87.5 Å². The molecular formula is C13H19BN4O4. The van der Waals surface area contributed by atoms with Gasteiger partial charge < -0.3 is 14.0 Å². The van der Waals surface area contributed by atoms with Gasteiger partial charge >= 0.3 is 13.2 Å². The number of fused-ring (bicyclic) bond motifs is 1. The van der Waals surface area contributed by atoms with E-state index in [1.165, 1.54) is 19.0 Å². The van der Waals surface area contributed by atoms with Gasteiger partial charge in [-0.05, 0) is 32.1 Å². The summed E-state index contributed by atoms with van der Waals surface area (Å²) in [6, 6.07) is 5.41. The molecule has 1 heterocycles. The number of nitrogens with one attached hydrogen (secondary N) is 1. The molecule has 9 heteroatoms. The molecule has 1 amide bonds. The Labute approximate surface area is 128 Å². The lowest BCUT2D eigenvalue weighted by Crippen LogP contribution is -2.38. The monoisotopic (exact) mass is 306 g/mol. The number of hydrogen-bond acceptors (Lipinski definition) is 6. The Hall–Kier alpha value is -2.13. The third kappa shape index (κ3) is 3.55. The summed E-state index contributed by atoms with van der Waals surface area (Å²) in [6.45, 7) is 5.34. The number of para-hydroxylation sites is 1. The third-order valence-corrected chi connectivity index (χ3v) is 2.78. The summed E-state index contributed by atoms with van der Waals surface area (Å²) < 4.78 is 15.7. The molecule has 0 spiro atoms. The van der Waals surface area contributed by atoms with E-state index in [9.17, 15) is 4.79 Å². The van der Waals surface area contributed by atoms with E-state index in [2.05, 4.69) is 15.7 Å². The predicted molar refractivity (Wildman–Crippen MR) is 82.5 cm³/mol. The molecule has 0 bridgehead atoms. The highest BCUT2D eigenvalue weighted by Gasteiger charge is 2.25. The molecule has 2 aromatic rings. The van der Waals surface area contributed by atoms with Crippen molar-refractivity contribution in [1.29, 1.82) is 0 Å². The van der Waals surface area contributed by atoms with Crippen molar-refractivity contribution in [2.75, 3.05) is 19.6 Å². The number of aromatic nitrogens is 3. The van der Waals surface area contributed by atoms with Crippen LogP contribution in [0.1, 0.15) is 20.8 Å². The van der Waals surface area contributed by atoms with Gasteiger partial charge in [0, 0.05) is 19.7 Å². The predicted octanol–water partition coefficient (Wildman–Crippen LogP) is 0.898. The standard InChI is InChI=1S/C13H19BN4O4/c1-13(2,3)22-12(19)16-18-11-9(14(20-4)21-5)7-6-8-10(11)15-17-18/h6-8H,1-5H3,(H,16,19). The molecule has 1 aromatic heterocycles. The zero-order valence-electron chi connectivity index (χ0n) is 13.3. The van der Waals surface area contributed by atoms with Crippen molar-refractivity contribution in [2.24, 2.45) is 0 Å². The first-order chi connectivity index (χ1) is 10.4. The molecule has 2 rings (SSSR count). The highest BCUT2D eigenvalue weighted by molar-refractivity contribution is 6.64. The molecule has 0 aliphatic carbocycles. The fourth-order valence-electron chi connectivity index (χ4n) is 2.00. The van der Waals surface area contributed by atoms with E-state index in [1.807, 2.05) is 12.1 Å². The second-order valence-electron chi connectivity index (χ2n) is 5.63. The highest BCUT2D eigenvalue weighted by Crippen LogP contribution is 2.10. The van der Waals surface area contributed by atoms with Gasteiger partial charge in [0.25, 0.3) is 0 Å². The molecule has 118 valence electrons. The molecule has 0 aliphatic rings. The SMILES string of the molecule is COB(OC)c1cccc2nnn(NC(=O)OC(C)(C)C)c12. The summed E-state index contributed by atoms with van der Waals surface area (Å²) in [5, 5.41) is 7.93.